The maximum atomic E-state index is 11.9. The predicted molar refractivity (Wildman–Crippen MR) is 89.9 cm³/mol. The molecule has 5 heteroatoms. The SMILES string of the molecule is CC(C)CCNC(C)(C)COC(=O)c1ccc(N)cc1.Cl. The lowest BCUT2D eigenvalue weighted by atomic mass is 10.1. The summed E-state index contributed by atoms with van der Waals surface area (Å²) >= 11 is 0. The fraction of sp³-hybridized carbons (Fsp3) is 0.562. The molecule has 0 atom stereocenters. The molecule has 4 nitrogen and oxygen atoms in total. The molecule has 0 unspecified atom stereocenters. The van der Waals surface area contributed by atoms with Crippen LogP contribution in [0.5, 0.6) is 0 Å². The second kappa shape index (κ2) is 8.90. The van der Waals surface area contributed by atoms with E-state index in [1.54, 1.807) is 24.3 Å². The number of esters is 1. The third kappa shape index (κ3) is 7.93. The van der Waals surface area contributed by atoms with Crippen molar-refractivity contribution in [3.05, 3.63) is 29.8 Å². The Labute approximate surface area is 133 Å². The summed E-state index contributed by atoms with van der Waals surface area (Å²) in [4.78, 5) is 11.9. The highest BCUT2D eigenvalue weighted by molar-refractivity contribution is 5.89. The van der Waals surface area contributed by atoms with E-state index in [0.717, 1.165) is 13.0 Å². The van der Waals surface area contributed by atoms with E-state index in [4.69, 9.17) is 10.5 Å². The lowest BCUT2D eigenvalue weighted by Gasteiger charge is -2.26. The van der Waals surface area contributed by atoms with Gasteiger partial charge in [-0.1, -0.05) is 13.8 Å². The Morgan fingerprint density at radius 2 is 1.86 bits per heavy atom. The van der Waals surface area contributed by atoms with Crippen molar-refractivity contribution in [3.8, 4) is 0 Å². The molecule has 1 aromatic carbocycles. The van der Waals surface area contributed by atoms with Crippen LogP contribution in [0.25, 0.3) is 0 Å². The number of carbonyl (C=O) groups is 1. The van der Waals surface area contributed by atoms with Gasteiger partial charge in [-0.15, -0.1) is 12.4 Å². The van der Waals surface area contributed by atoms with Gasteiger partial charge >= 0.3 is 5.97 Å². The zero-order valence-electron chi connectivity index (χ0n) is 13.3. The molecule has 0 fully saturated rings. The summed E-state index contributed by atoms with van der Waals surface area (Å²) in [6.45, 7) is 9.71. The van der Waals surface area contributed by atoms with Crippen molar-refractivity contribution in [2.75, 3.05) is 18.9 Å². The third-order valence-corrected chi connectivity index (χ3v) is 3.04. The lowest BCUT2D eigenvalue weighted by Crippen LogP contribution is -2.44. The summed E-state index contributed by atoms with van der Waals surface area (Å²) in [6.07, 6.45) is 1.11. The number of halogens is 1. The van der Waals surface area contributed by atoms with Gasteiger partial charge in [0.15, 0.2) is 0 Å². The van der Waals surface area contributed by atoms with Gasteiger partial charge in [-0.25, -0.2) is 4.79 Å². The van der Waals surface area contributed by atoms with E-state index in [1.165, 1.54) is 0 Å². The minimum absolute atomic E-state index is 0. The maximum Gasteiger partial charge on any atom is 0.338 e. The molecule has 120 valence electrons. The number of hydrogen-bond donors (Lipinski definition) is 2. The van der Waals surface area contributed by atoms with Crippen molar-refractivity contribution < 1.29 is 9.53 Å². The molecule has 0 amide bonds. The van der Waals surface area contributed by atoms with Crippen molar-refractivity contribution in [2.45, 2.75) is 39.7 Å². The van der Waals surface area contributed by atoms with Gasteiger partial charge in [0, 0.05) is 11.2 Å². The normalized spacial score (nSPS) is 11.1. The van der Waals surface area contributed by atoms with Gasteiger partial charge in [0.25, 0.3) is 0 Å². The van der Waals surface area contributed by atoms with E-state index in [0.29, 0.717) is 23.8 Å². The number of nitrogen functional groups attached to an aromatic ring is 1. The standard InChI is InChI=1S/C16H26N2O2.ClH/c1-12(2)9-10-18-16(3,4)11-20-15(19)13-5-7-14(17)8-6-13;/h5-8,12,18H,9-11,17H2,1-4H3;1H. The van der Waals surface area contributed by atoms with Crippen LogP contribution in [0.15, 0.2) is 24.3 Å². The van der Waals surface area contributed by atoms with Crippen molar-refractivity contribution in [2.24, 2.45) is 5.92 Å². The first kappa shape index (κ1) is 19.7. The monoisotopic (exact) mass is 314 g/mol. The number of ether oxygens (including phenoxy) is 1. The Bertz CT molecular complexity index is 430. The van der Waals surface area contributed by atoms with E-state index in [2.05, 4.69) is 19.2 Å². The number of benzene rings is 1. The molecular weight excluding hydrogens is 288 g/mol. The Balaban J connectivity index is 0.00000400. The molecule has 0 aliphatic rings. The molecule has 0 heterocycles. The zero-order chi connectivity index (χ0) is 15.2. The van der Waals surface area contributed by atoms with Crippen LogP contribution in [0.4, 0.5) is 5.69 Å². The number of anilines is 1. The van der Waals surface area contributed by atoms with Crippen LogP contribution in [-0.2, 0) is 4.74 Å². The van der Waals surface area contributed by atoms with E-state index in [9.17, 15) is 4.79 Å². The van der Waals surface area contributed by atoms with Crippen LogP contribution in [0, 0.1) is 5.92 Å². The molecule has 3 N–H and O–H groups in total. The molecule has 0 spiro atoms. The van der Waals surface area contributed by atoms with E-state index in [1.807, 2.05) is 13.8 Å². The van der Waals surface area contributed by atoms with Gasteiger partial charge in [-0.3, -0.25) is 0 Å². The summed E-state index contributed by atoms with van der Waals surface area (Å²) in [5.74, 6) is 0.347. The molecule has 0 saturated heterocycles. The largest absolute Gasteiger partial charge is 0.460 e. The third-order valence-electron chi connectivity index (χ3n) is 3.04. The fourth-order valence-corrected chi connectivity index (χ4v) is 1.70. The summed E-state index contributed by atoms with van der Waals surface area (Å²) < 4.78 is 5.35. The number of carbonyl (C=O) groups excluding carboxylic acids is 1. The molecule has 1 rings (SSSR count). The first-order chi connectivity index (χ1) is 9.30. The van der Waals surface area contributed by atoms with E-state index >= 15 is 0 Å². The number of nitrogens with one attached hydrogen (secondary N) is 1. The first-order valence-corrected chi connectivity index (χ1v) is 7.08. The molecule has 21 heavy (non-hydrogen) atoms. The Morgan fingerprint density at radius 3 is 2.38 bits per heavy atom. The molecular formula is C16H27ClN2O2. The summed E-state index contributed by atoms with van der Waals surface area (Å²) in [5, 5.41) is 3.41. The minimum Gasteiger partial charge on any atom is -0.460 e. The number of rotatable bonds is 7. The van der Waals surface area contributed by atoms with Crippen LogP contribution in [0.3, 0.4) is 0 Å². The molecule has 1 aromatic rings. The van der Waals surface area contributed by atoms with Gasteiger partial charge in [0.2, 0.25) is 0 Å². The Hall–Kier alpha value is -1.26. The van der Waals surface area contributed by atoms with Gasteiger partial charge in [0.05, 0.1) is 5.56 Å². The molecule has 0 aromatic heterocycles. The molecule has 0 saturated carbocycles. The smallest absolute Gasteiger partial charge is 0.338 e. The van der Waals surface area contributed by atoms with E-state index < -0.39 is 0 Å². The second-order valence-corrected chi connectivity index (χ2v) is 6.19. The van der Waals surface area contributed by atoms with Crippen molar-refractivity contribution in [1.82, 2.24) is 5.32 Å². The van der Waals surface area contributed by atoms with Crippen molar-refractivity contribution in [1.29, 1.82) is 0 Å². The summed E-state index contributed by atoms with van der Waals surface area (Å²) in [7, 11) is 0. The van der Waals surface area contributed by atoms with Crippen LogP contribution < -0.4 is 11.1 Å². The zero-order valence-corrected chi connectivity index (χ0v) is 14.1. The molecule has 0 bridgehead atoms. The topological polar surface area (TPSA) is 64.3 Å². The second-order valence-electron chi connectivity index (χ2n) is 6.19. The highest BCUT2D eigenvalue weighted by Crippen LogP contribution is 2.10. The van der Waals surface area contributed by atoms with Gasteiger partial charge < -0.3 is 15.8 Å². The highest BCUT2D eigenvalue weighted by Gasteiger charge is 2.20. The summed E-state index contributed by atoms with van der Waals surface area (Å²) in [6, 6.07) is 6.75. The molecule has 0 aliphatic carbocycles. The van der Waals surface area contributed by atoms with Gasteiger partial charge in [-0.05, 0) is 57.0 Å². The first-order valence-electron chi connectivity index (χ1n) is 7.08. The predicted octanol–water partition coefficient (Wildman–Crippen LogP) is 3.26. The number of nitrogens with two attached hydrogens (primary N) is 1. The van der Waals surface area contributed by atoms with Crippen LogP contribution in [0.1, 0.15) is 44.5 Å². The van der Waals surface area contributed by atoms with Crippen LogP contribution in [0.2, 0.25) is 0 Å². The van der Waals surface area contributed by atoms with Gasteiger partial charge in [0.1, 0.15) is 6.61 Å². The Kier molecular flexibility index (Phi) is 8.37. The van der Waals surface area contributed by atoms with Crippen LogP contribution >= 0.6 is 12.4 Å². The maximum absolute atomic E-state index is 11.9. The van der Waals surface area contributed by atoms with Crippen molar-refractivity contribution in [3.63, 3.8) is 0 Å². The summed E-state index contributed by atoms with van der Waals surface area (Å²) in [5.41, 5.74) is 6.52. The highest BCUT2D eigenvalue weighted by atomic mass is 35.5. The number of hydrogen-bond acceptors (Lipinski definition) is 4. The average molecular weight is 315 g/mol. The molecule has 0 radical (unpaired) electrons. The van der Waals surface area contributed by atoms with E-state index in [-0.39, 0.29) is 23.9 Å². The van der Waals surface area contributed by atoms with Crippen LogP contribution in [-0.4, -0.2) is 24.7 Å². The molecule has 0 aliphatic heterocycles. The van der Waals surface area contributed by atoms with Crippen molar-refractivity contribution >= 4 is 24.1 Å². The fourth-order valence-electron chi connectivity index (χ4n) is 1.70. The average Bonchev–Trinajstić information content (AvgIpc) is 2.36. The lowest BCUT2D eigenvalue weighted by molar-refractivity contribution is 0.0400. The minimum atomic E-state index is -0.316. The quantitative estimate of drug-likeness (QED) is 0.599. The Morgan fingerprint density at radius 1 is 1.29 bits per heavy atom. The van der Waals surface area contributed by atoms with Gasteiger partial charge in [-0.2, -0.15) is 0 Å².